The Balaban J connectivity index is 2.93. The zero-order valence-electron chi connectivity index (χ0n) is 5.57. The van der Waals surface area contributed by atoms with Crippen molar-refractivity contribution >= 4 is 11.0 Å². The Kier molecular flexibility index (Phi) is 0.943. The van der Waals surface area contributed by atoms with Gasteiger partial charge < -0.3 is 0 Å². The van der Waals surface area contributed by atoms with E-state index in [2.05, 4.69) is 15.1 Å². The number of hydrogen-bond donors (Lipinski definition) is 1. The van der Waals surface area contributed by atoms with Gasteiger partial charge in [0.25, 0.3) is 5.52 Å². The van der Waals surface area contributed by atoms with Crippen LogP contribution in [0.25, 0.3) is 11.0 Å². The molecule has 0 saturated carbocycles. The van der Waals surface area contributed by atoms with Crippen molar-refractivity contribution in [2.75, 3.05) is 0 Å². The Labute approximate surface area is 57.5 Å². The zero-order valence-corrected chi connectivity index (χ0v) is 5.57. The van der Waals surface area contributed by atoms with E-state index in [1.54, 1.807) is 6.20 Å². The largest absolute Gasteiger partial charge is 0.274 e. The summed E-state index contributed by atoms with van der Waals surface area (Å²) >= 11 is 0. The second kappa shape index (κ2) is 1.76. The van der Waals surface area contributed by atoms with Gasteiger partial charge in [-0.3, -0.25) is 0 Å². The van der Waals surface area contributed by atoms with Crippen LogP contribution >= 0.6 is 0 Å². The average molecular weight is 135 g/mol. The molecule has 2 rings (SSSR count). The topological polar surface area (TPSA) is 45.5 Å². The molecule has 0 atom stereocenters. The molecule has 2 aromatic heterocycles. The number of aromatic nitrogens is 4. The number of aryl methyl sites for hydroxylation is 1. The molecule has 0 bridgehead atoms. The van der Waals surface area contributed by atoms with Crippen LogP contribution in [0.3, 0.4) is 0 Å². The Morgan fingerprint density at radius 3 is 3.30 bits per heavy atom. The number of rotatable bonds is 0. The van der Waals surface area contributed by atoms with E-state index in [4.69, 9.17) is 0 Å². The van der Waals surface area contributed by atoms with Crippen LogP contribution in [0.2, 0.25) is 0 Å². The summed E-state index contributed by atoms with van der Waals surface area (Å²) in [7, 11) is 1.92. The molecule has 0 saturated heterocycles. The maximum Gasteiger partial charge on any atom is 0.274 e. The highest BCUT2D eigenvalue weighted by Crippen LogP contribution is 1.99. The van der Waals surface area contributed by atoms with Crippen LogP contribution in [0.15, 0.2) is 18.7 Å². The van der Waals surface area contributed by atoms with Gasteiger partial charge >= 0.3 is 0 Å². The summed E-state index contributed by atoms with van der Waals surface area (Å²) in [4.78, 5) is 7.93. The van der Waals surface area contributed by atoms with E-state index in [1.165, 1.54) is 6.33 Å². The highest BCUT2D eigenvalue weighted by molar-refractivity contribution is 5.67. The summed E-state index contributed by atoms with van der Waals surface area (Å²) in [5.74, 6) is 0. The molecule has 0 radical (unpaired) electrons. The SMILES string of the molecule is C[n+]1[nH]cc2ncncc21. The quantitative estimate of drug-likeness (QED) is 0.508. The fraction of sp³-hybridized carbons (Fsp3) is 0.167. The summed E-state index contributed by atoms with van der Waals surface area (Å²) in [6.07, 6.45) is 5.16. The van der Waals surface area contributed by atoms with E-state index in [-0.39, 0.29) is 0 Å². The first-order valence-corrected chi connectivity index (χ1v) is 3.01. The van der Waals surface area contributed by atoms with E-state index in [1.807, 2.05) is 17.9 Å². The third kappa shape index (κ3) is 0.586. The molecule has 0 aliphatic rings. The van der Waals surface area contributed by atoms with Crippen LogP contribution < -0.4 is 4.68 Å². The van der Waals surface area contributed by atoms with Crippen molar-refractivity contribution in [3.63, 3.8) is 0 Å². The van der Waals surface area contributed by atoms with Gasteiger partial charge in [-0.2, -0.15) is 5.10 Å². The van der Waals surface area contributed by atoms with Gasteiger partial charge in [0.05, 0.1) is 6.20 Å². The second-order valence-corrected chi connectivity index (χ2v) is 2.13. The fourth-order valence-corrected chi connectivity index (χ4v) is 0.929. The Morgan fingerprint density at radius 2 is 2.50 bits per heavy atom. The van der Waals surface area contributed by atoms with E-state index in [0.717, 1.165) is 11.0 Å². The van der Waals surface area contributed by atoms with Gasteiger partial charge in [-0.25, -0.2) is 9.97 Å². The molecule has 1 N–H and O–H groups in total. The van der Waals surface area contributed by atoms with E-state index >= 15 is 0 Å². The minimum atomic E-state index is 0.942. The lowest BCUT2D eigenvalue weighted by atomic mass is 10.5. The Morgan fingerprint density at radius 1 is 1.60 bits per heavy atom. The zero-order chi connectivity index (χ0) is 6.97. The van der Waals surface area contributed by atoms with Gasteiger partial charge in [0.15, 0.2) is 12.6 Å². The van der Waals surface area contributed by atoms with Crippen molar-refractivity contribution in [2.45, 2.75) is 0 Å². The third-order valence-electron chi connectivity index (χ3n) is 1.48. The minimum Gasteiger partial charge on any atom is -0.238 e. The lowest BCUT2D eigenvalue weighted by Gasteiger charge is -1.79. The van der Waals surface area contributed by atoms with Crippen LogP contribution in [-0.4, -0.2) is 15.1 Å². The molecule has 4 heteroatoms. The summed E-state index contributed by atoms with van der Waals surface area (Å²) in [6, 6.07) is 0. The molecular weight excluding hydrogens is 128 g/mol. The van der Waals surface area contributed by atoms with Gasteiger partial charge in [0, 0.05) is 0 Å². The molecule has 10 heavy (non-hydrogen) atoms. The van der Waals surface area contributed by atoms with Crippen molar-refractivity contribution in [1.29, 1.82) is 0 Å². The smallest absolute Gasteiger partial charge is 0.238 e. The molecule has 0 fully saturated rings. The lowest BCUT2D eigenvalue weighted by Crippen LogP contribution is -2.29. The van der Waals surface area contributed by atoms with Crippen molar-refractivity contribution < 1.29 is 4.68 Å². The molecule has 0 spiro atoms. The van der Waals surface area contributed by atoms with Crippen LogP contribution in [-0.2, 0) is 7.05 Å². The maximum atomic E-state index is 4.04. The fourth-order valence-electron chi connectivity index (χ4n) is 0.929. The van der Waals surface area contributed by atoms with Crippen molar-refractivity contribution in [2.24, 2.45) is 7.05 Å². The number of nitrogens with one attached hydrogen (secondary N) is 1. The number of aromatic amines is 1. The minimum absolute atomic E-state index is 0.942. The normalized spacial score (nSPS) is 10.5. The molecule has 2 heterocycles. The molecule has 0 aliphatic heterocycles. The summed E-state index contributed by atoms with van der Waals surface area (Å²) < 4.78 is 1.87. The van der Waals surface area contributed by atoms with Gasteiger partial charge in [-0.1, -0.05) is 0 Å². The predicted octanol–water partition coefficient (Wildman–Crippen LogP) is -0.218. The Hall–Kier alpha value is -1.45. The van der Waals surface area contributed by atoms with Crippen molar-refractivity contribution in [3.05, 3.63) is 18.7 Å². The third-order valence-corrected chi connectivity index (χ3v) is 1.48. The molecule has 2 aromatic rings. The van der Waals surface area contributed by atoms with Gasteiger partial charge in [-0.15, -0.1) is 4.68 Å². The van der Waals surface area contributed by atoms with E-state index in [0.29, 0.717) is 0 Å². The molecule has 0 aromatic carbocycles. The molecule has 0 unspecified atom stereocenters. The van der Waals surface area contributed by atoms with E-state index < -0.39 is 0 Å². The number of fused-ring (bicyclic) bond motifs is 1. The molecule has 50 valence electrons. The molecule has 0 amide bonds. The first kappa shape index (κ1) is 5.34. The number of H-pyrrole nitrogens is 1. The number of hydrogen-bond acceptors (Lipinski definition) is 2. The molecule has 0 aliphatic carbocycles. The average Bonchev–Trinajstić information content (AvgIpc) is 2.34. The van der Waals surface area contributed by atoms with Gasteiger partial charge in [-0.05, 0) is 0 Å². The first-order valence-electron chi connectivity index (χ1n) is 3.01. The first-order chi connectivity index (χ1) is 4.88. The number of nitrogens with zero attached hydrogens (tertiary/aromatic N) is 3. The Bertz CT molecular complexity index is 351. The molecular formula is C6H7N4+. The van der Waals surface area contributed by atoms with Gasteiger partial charge in [0.2, 0.25) is 0 Å². The monoisotopic (exact) mass is 135 g/mol. The maximum absolute atomic E-state index is 4.04. The van der Waals surface area contributed by atoms with Crippen LogP contribution in [0.5, 0.6) is 0 Å². The van der Waals surface area contributed by atoms with Crippen LogP contribution in [0.4, 0.5) is 0 Å². The summed E-state index contributed by atoms with van der Waals surface area (Å²) in [6.45, 7) is 0. The second-order valence-electron chi connectivity index (χ2n) is 2.13. The molecule has 4 nitrogen and oxygen atoms in total. The van der Waals surface area contributed by atoms with Crippen molar-refractivity contribution in [3.8, 4) is 0 Å². The highest BCUT2D eigenvalue weighted by atomic mass is 15.3. The summed E-state index contributed by atoms with van der Waals surface area (Å²) in [5, 5.41) is 2.99. The van der Waals surface area contributed by atoms with Gasteiger partial charge in [0.1, 0.15) is 12.5 Å². The van der Waals surface area contributed by atoms with Crippen LogP contribution in [0, 0.1) is 0 Å². The van der Waals surface area contributed by atoms with E-state index in [9.17, 15) is 0 Å². The summed E-state index contributed by atoms with van der Waals surface area (Å²) in [5.41, 5.74) is 1.96. The predicted molar refractivity (Wildman–Crippen MR) is 35.1 cm³/mol. The standard InChI is InChI=1S/C6H6N4/c1-10-6-3-7-4-8-5(6)2-9-10/h2-4H,1H3/p+1. The van der Waals surface area contributed by atoms with Crippen molar-refractivity contribution in [1.82, 2.24) is 15.1 Å². The lowest BCUT2D eigenvalue weighted by molar-refractivity contribution is -0.702. The van der Waals surface area contributed by atoms with Crippen LogP contribution in [0.1, 0.15) is 0 Å². The highest BCUT2D eigenvalue weighted by Gasteiger charge is 2.05.